The summed E-state index contributed by atoms with van der Waals surface area (Å²) in [6.07, 6.45) is 3.84. The second kappa shape index (κ2) is 8.55. The highest BCUT2D eigenvalue weighted by molar-refractivity contribution is 5.14. The van der Waals surface area contributed by atoms with E-state index in [0.717, 1.165) is 18.4 Å². The fourth-order valence-electron chi connectivity index (χ4n) is 3.21. The molecule has 0 aliphatic carbocycles. The van der Waals surface area contributed by atoms with Crippen LogP contribution in [0.5, 0.6) is 0 Å². The lowest BCUT2D eigenvalue weighted by Crippen LogP contribution is -2.33. The molecule has 0 amide bonds. The summed E-state index contributed by atoms with van der Waals surface area (Å²) in [6.45, 7) is 11.9. The van der Waals surface area contributed by atoms with Crippen LogP contribution in [0.3, 0.4) is 0 Å². The fourth-order valence-corrected chi connectivity index (χ4v) is 3.21. The molecule has 1 fully saturated rings. The van der Waals surface area contributed by atoms with Crippen molar-refractivity contribution in [2.45, 2.75) is 46.1 Å². The van der Waals surface area contributed by atoms with Crippen molar-refractivity contribution in [3.8, 4) is 0 Å². The predicted octanol–water partition coefficient (Wildman–Crippen LogP) is 3.58. The van der Waals surface area contributed by atoms with Gasteiger partial charge in [-0.25, -0.2) is 0 Å². The standard InChI is InChI=1S/C19H32N2/c1-16(2)13-20-14-19-11-12-21(15-19)17(3)9-10-18-7-5-4-6-8-18/h4-8,16-17,19-20H,9-15H2,1-3H3. The highest BCUT2D eigenvalue weighted by Gasteiger charge is 2.25. The summed E-state index contributed by atoms with van der Waals surface area (Å²) >= 11 is 0. The van der Waals surface area contributed by atoms with Crippen LogP contribution in [0.15, 0.2) is 30.3 Å². The molecular weight excluding hydrogens is 256 g/mol. The Bertz CT molecular complexity index is 388. The molecule has 1 aromatic carbocycles. The Kier molecular flexibility index (Phi) is 6.72. The van der Waals surface area contributed by atoms with Gasteiger partial charge in [-0.15, -0.1) is 0 Å². The van der Waals surface area contributed by atoms with Gasteiger partial charge >= 0.3 is 0 Å². The molecule has 0 spiro atoms. The van der Waals surface area contributed by atoms with E-state index in [9.17, 15) is 0 Å². The lowest BCUT2D eigenvalue weighted by atomic mass is 10.1. The van der Waals surface area contributed by atoms with Crippen LogP contribution in [-0.4, -0.2) is 37.1 Å². The minimum Gasteiger partial charge on any atom is -0.316 e. The third kappa shape index (κ3) is 5.80. The van der Waals surface area contributed by atoms with Crippen molar-refractivity contribution >= 4 is 0 Å². The molecule has 1 aliphatic rings. The predicted molar refractivity (Wildman–Crippen MR) is 91.6 cm³/mol. The number of likely N-dealkylation sites (tertiary alicyclic amines) is 1. The van der Waals surface area contributed by atoms with E-state index in [1.54, 1.807) is 0 Å². The van der Waals surface area contributed by atoms with Crippen LogP contribution in [-0.2, 0) is 6.42 Å². The lowest BCUT2D eigenvalue weighted by Gasteiger charge is -2.24. The highest BCUT2D eigenvalue weighted by Crippen LogP contribution is 2.20. The summed E-state index contributed by atoms with van der Waals surface area (Å²) in [5.41, 5.74) is 1.47. The number of benzene rings is 1. The van der Waals surface area contributed by atoms with Gasteiger partial charge in [-0.3, -0.25) is 0 Å². The summed E-state index contributed by atoms with van der Waals surface area (Å²) in [7, 11) is 0. The molecule has 2 heteroatoms. The van der Waals surface area contributed by atoms with Crippen molar-refractivity contribution in [1.29, 1.82) is 0 Å². The summed E-state index contributed by atoms with van der Waals surface area (Å²) < 4.78 is 0. The highest BCUT2D eigenvalue weighted by atomic mass is 15.2. The molecule has 1 saturated heterocycles. The van der Waals surface area contributed by atoms with E-state index in [1.807, 2.05) is 0 Å². The van der Waals surface area contributed by atoms with Gasteiger partial charge < -0.3 is 10.2 Å². The van der Waals surface area contributed by atoms with E-state index in [1.165, 1.54) is 44.5 Å². The first-order valence-electron chi connectivity index (χ1n) is 8.64. The van der Waals surface area contributed by atoms with Crippen LogP contribution in [0, 0.1) is 11.8 Å². The monoisotopic (exact) mass is 288 g/mol. The number of rotatable bonds is 8. The van der Waals surface area contributed by atoms with Gasteiger partial charge in [0, 0.05) is 12.6 Å². The number of hydrogen-bond acceptors (Lipinski definition) is 2. The maximum Gasteiger partial charge on any atom is 0.00702 e. The van der Waals surface area contributed by atoms with E-state index >= 15 is 0 Å². The fraction of sp³-hybridized carbons (Fsp3) is 0.684. The van der Waals surface area contributed by atoms with Crippen LogP contribution in [0.25, 0.3) is 0 Å². The number of hydrogen-bond donors (Lipinski definition) is 1. The molecule has 2 nitrogen and oxygen atoms in total. The molecule has 0 bridgehead atoms. The van der Waals surface area contributed by atoms with E-state index in [4.69, 9.17) is 0 Å². The molecule has 2 atom stereocenters. The summed E-state index contributed by atoms with van der Waals surface area (Å²) in [6, 6.07) is 11.6. The zero-order valence-electron chi connectivity index (χ0n) is 14.0. The zero-order valence-corrected chi connectivity index (χ0v) is 14.0. The van der Waals surface area contributed by atoms with Crippen molar-refractivity contribution < 1.29 is 0 Å². The molecular formula is C19H32N2. The molecule has 1 aromatic rings. The van der Waals surface area contributed by atoms with Gasteiger partial charge in [0.25, 0.3) is 0 Å². The average molecular weight is 288 g/mol. The molecule has 0 saturated carbocycles. The van der Waals surface area contributed by atoms with Crippen molar-refractivity contribution in [2.24, 2.45) is 11.8 Å². The van der Waals surface area contributed by atoms with E-state index in [2.05, 4.69) is 61.3 Å². The van der Waals surface area contributed by atoms with Gasteiger partial charge in [-0.1, -0.05) is 44.2 Å². The van der Waals surface area contributed by atoms with E-state index in [0.29, 0.717) is 6.04 Å². The Hall–Kier alpha value is -0.860. The summed E-state index contributed by atoms with van der Waals surface area (Å²) in [5, 5.41) is 3.62. The molecule has 1 heterocycles. The minimum atomic E-state index is 0.709. The molecule has 0 aromatic heterocycles. The third-order valence-electron chi connectivity index (χ3n) is 4.62. The summed E-state index contributed by atoms with van der Waals surface area (Å²) in [5.74, 6) is 1.61. The SMILES string of the molecule is CC(C)CNCC1CCN(C(C)CCc2ccccc2)C1. The first kappa shape index (κ1) is 16.5. The first-order valence-corrected chi connectivity index (χ1v) is 8.64. The van der Waals surface area contributed by atoms with Crippen LogP contribution < -0.4 is 5.32 Å². The van der Waals surface area contributed by atoms with Crippen molar-refractivity contribution in [3.63, 3.8) is 0 Å². The maximum absolute atomic E-state index is 3.62. The summed E-state index contributed by atoms with van der Waals surface area (Å²) in [4.78, 5) is 2.69. The van der Waals surface area contributed by atoms with Gasteiger partial charge in [0.2, 0.25) is 0 Å². The maximum atomic E-state index is 3.62. The lowest BCUT2D eigenvalue weighted by molar-refractivity contribution is 0.237. The second-order valence-corrected chi connectivity index (χ2v) is 7.08. The van der Waals surface area contributed by atoms with E-state index < -0.39 is 0 Å². The Morgan fingerprint density at radius 3 is 2.67 bits per heavy atom. The molecule has 2 unspecified atom stereocenters. The van der Waals surface area contributed by atoms with Gasteiger partial charge in [-0.05, 0) is 63.2 Å². The molecule has 118 valence electrons. The Morgan fingerprint density at radius 2 is 1.95 bits per heavy atom. The number of aryl methyl sites for hydroxylation is 1. The quantitative estimate of drug-likeness (QED) is 0.786. The van der Waals surface area contributed by atoms with E-state index in [-0.39, 0.29) is 0 Å². The smallest absolute Gasteiger partial charge is 0.00702 e. The normalized spacial score (nSPS) is 21.0. The Morgan fingerprint density at radius 1 is 1.19 bits per heavy atom. The van der Waals surface area contributed by atoms with Gasteiger partial charge in [0.1, 0.15) is 0 Å². The zero-order chi connectivity index (χ0) is 15.1. The second-order valence-electron chi connectivity index (χ2n) is 7.08. The van der Waals surface area contributed by atoms with Crippen LogP contribution >= 0.6 is 0 Å². The largest absolute Gasteiger partial charge is 0.316 e. The molecule has 2 rings (SSSR count). The van der Waals surface area contributed by atoms with Crippen LogP contribution in [0.4, 0.5) is 0 Å². The minimum absolute atomic E-state index is 0.709. The average Bonchev–Trinajstić information content (AvgIpc) is 2.94. The van der Waals surface area contributed by atoms with Crippen molar-refractivity contribution in [2.75, 3.05) is 26.2 Å². The molecule has 0 radical (unpaired) electrons. The molecule has 1 aliphatic heterocycles. The van der Waals surface area contributed by atoms with Gasteiger partial charge in [0.15, 0.2) is 0 Å². The number of nitrogens with zero attached hydrogens (tertiary/aromatic N) is 1. The number of nitrogens with one attached hydrogen (secondary N) is 1. The van der Waals surface area contributed by atoms with Gasteiger partial charge in [0.05, 0.1) is 0 Å². The third-order valence-corrected chi connectivity index (χ3v) is 4.62. The first-order chi connectivity index (χ1) is 10.1. The van der Waals surface area contributed by atoms with Crippen LogP contribution in [0.2, 0.25) is 0 Å². The molecule has 21 heavy (non-hydrogen) atoms. The Labute approximate surface area is 130 Å². The van der Waals surface area contributed by atoms with Crippen molar-refractivity contribution in [1.82, 2.24) is 10.2 Å². The Balaban J connectivity index is 1.66. The van der Waals surface area contributed by atoms with Crippen LogP contribution in [0.1, 0.15) is 39.2 Å². The van der Waals surface area contributed by atoms with Crippen molar-refractivity contribution in [3.05, 3.63) is 35.9 Å². The van der Waals surface area contributed by atoms with Gasteiger partial charge in [-0.2, -0.15) is 0 Å². The molecule has 1 N–H and O–H groups in total. The topological polar surface area (TPSA) is 15.3 Å².